The van der Waals surface area contributed by atoms with E-state index in [9.17, 15) is 0 Å². The largest absolute Gasteiger partial charge is 0.0843 e. The van der Waals surface area contributed by atoms with Crippen LogP contribution in [0.3, 0.4) is 0 Å². The predicted molar refractivity (Wildman–Crippen MR) is 90.0 cm³/mol. The van der Waals surface area contributed by atoms with Crippen LogP contribution < -0.4 is 0 Å². The van der Waals surface area contributed by atoms with Crippen molar-refractivity contribution in [1.29, 1.82) is 0 Å². The molecule has 0 radical (unpaired) electrons. The summed E-state index contributed by atoms with van der Waals surface area (Å²) in [5.41, 5.74) is 4.78. The summed E-state index contributed by atoms with van der Waals surface area (Å²) in [5.74, 6) is 0. The first-order chi connectivity index (χ1) is 9.75. The van der Waals surface area contributed by atoms with Gasteiger partial charge in [0.25, 0.3) is 0 Å². The van der Waals surface area contributed by atoms with Crippen molar-refractivity contribution in [2.45, 2.75) is 0 Å². The summed E-state index contributed by atoms with van der Waals surface area (Å²) < 4.78 is 1.01. The van der Waals surface area contributed by atoms with Crippen LogP contribution in [-0.4, -0.2) is 0 Å². The monoisotopic (exact) mass is 342 g/mol. The Hall–Kier alpha value is -1.57. The summed E-state index contributed by atoms with van der Waals surface area (Å²) in [6, 6.07) is 24.7. The van der Waals surface area contributed by atoms with Gasteiger partial charge in [-0.05, 0) is 34.4 Å². The summed E-state index contributed by atoms with van der Waals surface area (Å²) in [4.78, 5) is 0. The van der Waals surface area contributed by atoms with E-state index in [0.29, 0.717) is 0 Å². The van der Waals surface area contributed by atoms with Crippen LogP contribution in [0.5, 0.6) is 0 Å². The van der Waals surface area contributed by atoms with Crippen molar-refractivity contribution in [1.82, 2.24) is 0 Å². The van der Waals surface area contributed by atoms with E-state index in [2.05, 4.69) is 64.5 Å². The molecule has 0 fully saturated rings. The van der Waals surface area contributed by atoms with Gasteiger partial charge in [-0.3, -0.25) is 0 Å². The zero-order chi connectivity index (χ0) is 13.9. The third kappa shape index (κ3) is 2.65. The van der Waals surface area contributed by atoms with Crippen LogP contribution >= 0.6 is 27.5 Å². The summed E-state index contributed by atoms with van der Waals surface area (Å²) >= 11 is 9.64. The van der Waals surface area contributed by atoms with Gasteiger partial charge in [0.15, 0.2) is 0 Å². The van der Waals surface area contributed by atoms with Crippen molar-refractivity contribution in [3.63, 3.8) is 0 Å². The molecule has 0 atom stereocenters. The van der Waals surface area contributed by atoms with Gasteiger partial charge in [-0.25, -0.2) is 0 Å². The average Bonchev–Trinajstić information content (AvgIpc) is 2.48. The summed E-state index contributed by atoms with van der Waals surface area (Å²) in [6.45, 7) is 0. The molecule has 0 aliphatic heterocycles. The second-order valence-corrected chi connectivity index (χ2v) is 5.83. The molecule has 20 heavy (non-hydrogen) atoms. The van der Waals surface area contributed by atoms with Gasteiger partial charge in [0, 0.05) is 9.50 Å². The zero-order valence-electron chi connectivity index (χ0n) is 10.7. The van der Waals surface area contributed by atoms with Gasteiger partial charge in [0.05, 0.1) is 0 Å². The molecule has 0 saturated heterocycles. The lowest BCUT2D eigenvalue weighted by atomic mass is 9.95. The number of hydrogen-bond acceptors (Lipinski definition) is 0. The molecule has 3 aromatic rings. The minimum atomic E-state index is 0.734. The Kier molecular flexibility index (Phi) is 3.90. The molecule has 0 aromatic heterocycles. The summed E-state index contributed by atoms with van der Waals surface area (Å²) in [7, 11) is 0. The van der Waals surface area contributed by atoms with Crippen LogP contribution in [-0.2, 0) is 0 Å². The van der Waals surface area contributed by atoms with Crippen molar-refractivity contribution in [3.05, 3.63) is 82.3 Å². The maximum Gasteiger partial charge on any atom is 0.0417 e. The number of halogens is 2. The molecule has 0 saturated carbocycles. The quantitative estimate of drug-likeness (QED) is 0.502. The zero-order valence-corrected chi connectivity index (χ0v) is 13.0. The number of benzene rings is 3. The molecule has 0 N–H and O–H groups in total. The maximum atomic E-state index is 6.03. The minimum absolute atomic E-state index is 0.734. The highest BCUT2D eigenvalue weighted by molar-refractivity contribution is 9.10. The molecule has 0 aliphatic carbocycles. The van der Waals surface area contributed by atoms with Crippen LogP contribution in [0.25, 0.3) is 22.3 Å². The smallest absolute Gasteiger partial charge is 0.0417 e. The molecule has 3 rings (SSSR count). The Morgan fingerprint density at radius 2 is 1.30 bits per heavy atom. The molecule has 0 amide bonds. The van der Waals surface area contributed by atoms with E-state index in [-0.39, 0.29) is 0 Å². The van der Waals surface area contributed by atoms with E-state index >= 15 is 0 Å². The molecule has 0 unspecified atom stereocenters. The lowest BCUT2D eigenvalue weighted by Crippen LogP contribution is -1.86. The first-order valence-corrected chi connectivity index (χ1v) is 7.52. The Labute approximate surface area is 132 Å². The van der Waals surface area contributed by atoms with Gasteiger partial charge in [-0.2, -0.15) is 0 Å². The third-order valence-corrected chi connectivity index (χ3v) is 4.12. The molecule has 98 valence electrons. The Morgan fingerprint density at radius 3 is 2.00 bits per heavy atom. The number of rotatable bonds is 2. The maximum absolute atomic E-state index is 6.03. The molecular formula is C18H12BrCl. The highest BCUT2D eigenvalue weighted by Gasteiger charge is 2.09. The standard InChI is InChI=1S/C18H12BrCl/c19-18-12-14(20)10-11-17(18)16-9-5-4-8-15(16)13-6-2-1-3-7-13/h1-12H. The second kappa shape index (κ2) is 5.82. The summed E-state index contributed by atoms with van der Waals surface area (Å²) in [6.07, 6.45) is 0. The van der Waals surface area contributed by atoms with Gasteiger partial charge in [-0.15, -0.1) is 0 Å². The normalized spacial score (nSPS) is 10.5. The average molecular weight is 344 g/mol. The topological polar surface area (TPSA) is 0 Å². The van der Waals surface area contributed by atoms with Crippen LogP contribution in [0.15, 0.2) is 77.3 Å². The molecule has 2 heteroatoms. The van der Waals surface area contributed by atoms with Crippen LogP contribution in [0.4, 0.5) is 0 Å². The first-order valence-electron chi connectivity index (χ1n) is 6.35. The molecule has 0 heterocycles. The highest BCUT2D eigenvalue weighted by Crippen LogP contribution is 2.36. The van der Waals surface area contributed by atoms with Crippen molar-refractivity contribution in [2.75, 3.05) is 0 Å². The predicted octanol–water partition coefficient (Wildman–Crippen LogP) is 6.44. The summed E-state index contributed by atoms with van der Waals surface area (Å²) in [5, 5.41) is 0.734. The Balaban J connectivity index is 2.20. The van der Waals surface area contributed by atoms with Crippen molar-refractivity contribution in [2.24, 2.45) is 0 Å². The van der Waals surface area contributed by atoms with Gasteiger partial charge < -0.3 is 0 Å². The van der Waals surface area contributed by atoms with E-state index in [1.165, 1.54) is 16.7 Å². The highest BCUT2D eigenvalue weighted by atomic mass is 79.9. The van der Waals surface area contributed by atoms with E-state index in [0.717, 1.165) is 15.1 Å². The third-order valence-electron chi connectivity index (χ3n) is 3.23. The molecule has 0 aliphatic rings. The van der Waals surface area contributed by atoms with Gasteiger partial charge >= 0.3 is 0 Å². The fraction of sp³-hybridized carbons (Fsp3) is 0. The van der Waals surface area contributed by atoms with E-state index < -0.39 is 0 Å². The van der Waals surface area contributed by atoms with Gasteiger partial charge in [0.2, 0.25) is 0 Å². The van der Waals surface area contributed by atoms with Gasteiger partial charge in [-0.1, -0.05) is 88.2 Å². The minimum Gasteiger partial charge on any atom is -0.0843 e. The lowest BCUT2D eigenvalue weighted by molar-refractivity contribution is 1.56. The Bertz CT molecular complexity index is 735. The number of hydrogen-bond donors (Lipinski definition) is 0. The van der Waals surface area contributed by atoms with Crippen molar-refractivity contribution >= 4 is 27.5 Å². The van der Waals surface area contributed by atoms with Crippen LogP contribution in [0.2, 0.25) is 5.02 Å². The molecule has 0 nitrogen and oxygen atoms in total. The molecule has 3 aromatic carbocycles. The second-order valence-electron chi connectivity index (χ2n) is 4.54. The van der Waals surface area contributed by atoms with E-state index in [1.807, 2.05) is 24.3 Å². The van der Waals surface area contributed by atoms with Crippen molar-refractivity contribution < 1.29 is 0 Å². The van der Waals surface area contributed by atoms with Crippen LogP contribution in [0.1, 0.15) is 0 Å². The van der Waals surface area contributed by atoms with E-state index in [1.54, 1.807) is 0 Å². The van der Waals surface area contributed by atoms with Gasteiger partial charge in [0.1, 0.15) is 0 Å². The lowest BCUT2D eigenvalue weighted by Gasteiger charge is -2.12. The van der Waals surface area contributed by atoms with Crippen molar-refractivity contribution in [3.8, 4) is 22.3 Å². The fourth-order valence-electron chi connectivity index (χ4n) is 2.30. The SMILES string of the molecule is Clc1ccc(-c2ccccc2-c2ccccc2)c(Br)c1. The Morgan fingerprint density at radius 1 is 0.650 bits per heavy atom. The first kappa shape index (κ1) is 13.4. The molecule has 0 bridgehead atoms. The fourth-order valence-corrected chi connectivity index (χ4v) is 3.19. The molecular weight excluding hydrogens is 332 g/mol. The van der Waals surface area contributed by atoms with Crippen LogP contribution in [0, 0.1) is 0 Å². The van der Waals surface area contributed by atoms with E-state index in [4.69, 9.17) is 11.6 Å². The molecule has 0 spiro atoms.